The lowest BCUT2D eigenvalue weighted by Crippen LogP contribution is -2.31. The van der Waals surface area contributed by atoms with Crippen LogP contribution in [0.4, 0.5) is 0 Å². The van der Waals surface area contributed by atoms with Gasteiger partial charge in [-0.3, -0.25) is 9.89 Å². The number of benzene rings is 1. The molecule has 0 bridgehead atoms. The fourth-order valence-electron chi connectivity index (χ4n) is 3.48. The number of aromatic amines is 1. The highest BCUT2D eigenvalue weighted by molar-refractivity contribution is 5.95. The molecule has 25 heavy (non-hydrogen) atoms. The van der Waals surface area contributed by atoms with Crippen molar-refractivity contribution in [2.45, 2.75) is 45.6 Å². The minimum absolute atomic E-state index is 0.0523. The zero-order valence-electron chi connectivity index (χ0n) is 15.3. The van der Waals surface area contributed by atoms with Gasteiger partial charge in [-0.2, -0.15) is 5.10 Å². The third-order valence-electron chi connectivity index (χ3n) is 4.93. The first-order chi connectivity index (χ1) is 12.1. The number of H-pyrrole nitrogens is 1. The Bertz CT molecular complexity index is 713. The summed E-state index contributed by atoms with van der Waals surface area (Å²) in [6, 6.07) is 7.80. The van der Waals surface area contributed by atoms with Gasteiger partial charge in [-0.15, -0.1) is 0 Å². The van der Waals surface area contributed by atoms with Crippen LogP contribution in [-0.4, -0.2) is 47.3 Å². The number of hydrogen-bond acceptors (Lipinski definition) is 3. The van der Waals surface area contributed by atoms with Crippen molar-refractivity contribution in [2.75, 3.05) is 20.2 Å². The molecule has 5 heteroatoms. The Hall–Kier alpha value is -2.14. The number of nitrogens with one attached hydrogen (secondary N) is 1. The summed E-state index contributed by atoms with van der Waals surface area (Å²) < 4.78 is 5.76. The molecule has 3 rings (SSSR count). The average molecular weight is 341 g/mol. The van der Waals surface area contributed by atoms with E-state index in [2.05, 4.69) is 10.2 Å². The van der Waals surface area contributed by atoms with Crippen molar-refractivity contribution in [2.24, 2.45) is 0 Å². The first-order valence-corrected chi connectivity index (χ1v) is 9.05. The Kier molecular flexibility index (Phi) is 5.53. The van der Waals surface area contributed by atoms with E-state index in [1.807, 2.05) is 45.2 Å². The summed E-state index contributed by atoms with van der Waals surface area (Å²) in [6.45, 7) is 5.55. The van der Waals surface area contributed by atoms with Gasteiger partial charge in [-0.1, -0.05) is 12.1 Å². The van der Waals surface area contributed by atoms with Gasteiger partial charge in [-0.05, 0) is 57.2 Å². The summed E-state index contributed by atoms with van der Waals surface area (Å²) in [5.74, 6) is 0.0523. The Morgan fingerprint density at radius 3 is 2.88 bits per heavy atom. The number of aromatic nitrogens is 2. The number of nitrogens with zero attached hydrogens (tertiary/aromatic N) is 2. The number of aryl methyl sites for hydroxylation is 2. The summed E-state index contributed by atoms with van der Waals surface area (Å²) in [5.41, 5.74) is 4.78. The van der Waals surface area contributed by atoms with Crippen molar-refractivity contribution in [3.05, 3.63) is 41.2 Å². The molecule has 1 N–H and O–H groups in total. The maximum Gasteiger partial charge on any atom is 0.253 e. The van der Waals surface area contributed by atoms with Crippen LogP contribution in [0.2, 0.25) is 0 Å². The van der Waals surface area contributed by atoms with Crippen molar-refractivity contribution in [3.63, 3.8) is 0 Å². The minimum atomic E-state index is 0.0523. The van der Waals surface area contributed by atoms with E-state index >= 15 is 0 Å². The van der Waals surface area contributed by atoms with Crippen LogP contribution in [0.25, 0.3) is 11.1 Å². The third-order valence-corrected chi connectivity index (χ3v) is 4.93. The highest BCUT2D eigenvalue weighted by Crippen LogP contribution is 2.26. The zero-order valence-corrected chi connectivity index (χ0v) is 15.3. The maximum atomic E-state index is 12.8. The maximum absolute atomic E-state index is 12.8. The standard InChI is InChI=1S/C20H27N3O2/c1-14-19(15(2)22-21-14)16-7-6-8-17(13-16)20(24)23(3)11-10-18-9-4-5-12-25-18/h6-8,13,18H,4-5,9-12H2,1-3H3,(H,21,22). The van der Waals surface area contributed by atoms with Crippen LogP contribution in [0, 0.1) is 13.8 Å². The van der Waals surface area contributed by atoms with E-state index in [0.29, 0.717) is 11.7 Å². The summed E-state index contributed by atoms with van der Waals surface area (Å²) in [7, 11) is 1.87. The van der Waals surface area contributed by atoms with Crippen molar-refractivity contribution in [1.82, 2.24) is 15.1 Å². The molecular formula is C20H27N3O2. The second-order valence-corrected chi connectivity index (χ2v) is 6.89. The first kappa shape index (κ1) is 17.7. The molecule has 2 aromatic rings. The molecule has 1 aromatic carbocycles. The smallest absolute Gasteiger partial charge is 0.253 e. The van der Waals surface area contributed by atoms with E-state index in [-0.39, 0.29) is 5.91 Å². The predicted molar refractivity (Wildman–Crippen MR) is 98.7 cm³/mol. The molecule has 1 amide bonds. The summed E-state index contributed by atoms with van der Waals surface area (Å²) in [4.78, 5) is 14.6. The quantitative estimate of drug-likeness (QED) is 0.901. The molecule has 1 aliphatic rings. The predicted octanol–water partition coefficient (Wildman–Crippen LogP) is 3.72. The van der Waals surface area contributed by atoms with Crippen molar-refractivity contribution in [3.8, 4) is 11.1 Å². The first-order valence-electron chi connectivity index (χ1n) is 9.05. The van der Waals surface area contributed by atoms with Crippen LogP contribution < -0.4 is 0 Å². The van der Waals surface area contributed by atoms with Crippen LogP contribution >= 0.6 is 0 Å². The molecule has 5 nitrogen and oxygen atoms in total. The SMILES string of the molecule is Cc1n[nH]c(C)c1-c1cccc(C(=O)N(C)CCC2CCCCO2)c1. The van der Waals surface area contributed by atoms with Gasteiger partial charge in [0.2, 0.25) is 0 Å². The summed E-state index contributed by atoms with van der Waals surface area (Å²) in [6.07, 6.45) is 4.70. The van der Waals surface area contributed by atoms with Gasteiger partial charge < -0.3 is 9.64 Å². The lowest BCUT2D eigenvalue weighted by molar-refractivity contribution is 0.00709. The largest absolute Gasteiger partial charge is 0.378 e. The lowest BCUT2D eigenvalue weighted by atomic mass is 10.0. The Morgan fingerprint density at radius 1 is 1.36 bits per heavy atom. The van der Waals surface area contributed by atoms with Gasteiger partial charge in [-0.25, -0.2) is 0 Å². The molecule has 134 valence electrons. The van der Waals surface area contributed by atoms with Crippen LogP contribution in [0.5, 0.6) is 0 Å². The van der Waals surface area contributed by atoms with E-state index in [0.717, 1.165) is 54.9 Å². The molecule has 0 aliphatic carbocycles. The second kappa shape index (κ2) is 7.83. The Balaban J connectivity index is 1.68. The minimum Gasteiger partial charge on any atom is -0.378 e. The molecule has 1 unspecified atom stereocenters. The van der Waals surface area contributed by atoms with Crippen LogP contribution in [0.1, 0.15) is 47.4 Å². The van der Waals surface area contributed by atoms with Crippen LogP contribution in [0.15, 0.2) is 24.3 Å². The van der Waals surface area contributed by atoms with E-state index in [1.54, 1.807) is 4.90 Å². The molecule has 1 fully saturated rings. The molecule has 1 saturated heterocycles. The van der Waals surface area contributed by atoms with E-state index in [9.17, 15) is 4.79 Å². The van der Waals surface area contributed by atoms with E-state index in [4.69, 9.17) is 4.74 Å². The number of ether oxygens (including phenoxy) is 1. The Morgan fingerprint density at radius 2 is 2.20 bits per heavy atom. The molecule has 1 aromatic heterocycles. The second-order valence-electron chi connectivity index (χ2n) is 6.89. The fraction of sp³-hybridized carbons (Fsp3) is 0.500. The molecule has 1 atom stereocenters. The number of amides is 1. The molecule has 0 spiro atoms. The van der Waals surface area contributed by atoms with Crippen molar-refractivity contribution >= 4 is 5.91 Å². The average Bonchev–Trinajstić information content (AvgIpc) is 2.98. The number of carbonyl (C=O) groups excluding carboxylic acids is 1. The fourth-order valence-corrected chi connectivity index (χ4v) is 3.48. The van der Waals surface area contributed by atoms with Gasteiger partial charge in [0.15, 0.2) is 0 Å². The van der Waals surface area contributed by atoms with Gasteiger partial charge in [0.1, 0.15) is 0 Å². The normalized spacial score (nSPS) is 17.5. The van der Waals surface area contributed by atoms with E-state index in [1.165, 1.54) is 6.42 Å². The number of rotatable bonds is 5. The van der Waals surface area contributed by atoms with Gasteiger partial charge in [0.25, 0.3) is 5.91 Å². The summed E-state index contributed by atoms with van der Waals surface area (Å²) in [5, 5.41) is 7.25. The highest BCUT2D eigenvalue weighted by Gasteiger charge is 2.18. The van der Waals surface area contributed by atoms with Gasteiger partial charge in [0, 0.05) is 37.0 Å². The van der Waals surface area contributed by atoms with Crippen LogP contribution in [-0.2, 0) is 4.74 Å². The molecular weight excluding hydrogens is 314 g/mol. The Labute approximate surface area is 149 Å². The van der Waals surface area contributed by atoms with E-state index < -0.39 is 0 Å². The topological polar surface area (TPSA) is 58.2 Å². The molecule has 0 radical (unpaired) electrons. The van der Waals surface area contributed by atoms with Crippen LogP contribution in [0.3, 0.4) is 0 Å². The van der Waals surface area contributed by atoms with Gasteiger partial charge >= 0.3 is 0 Å². The monoisotopic (exact) mass is 341 g/mol. The zero-order chi connectivity index (χ0) is 17.8. The lowest BCUT2D eigenvalue weighted by Gasteiger charge is -2.25. The number of carbonyl (C=O) groups is 1. The van der Waals surface area contributed by atoms with Crippen molar-refractivity contribution in [1.29, 1.82) is 0 Å². The highest BCUT2D eigenvalue weighted by atomic mass is 16.5. The summed E-state index contributed by atoms with van der Waals surface area (Å²) >= 11 is 0. The molecule has 1 aliphatic heterocycles. The third kappa shape index (κ3) is 4.10. The molecule has 2 heterocycles. The number of hydrogen-bond donors (Lipinski definition) is 1. The van der Waals surface area contributed by atoms with Gasteiger partial charge in [0.05, 0.1) is 11.8 Å². The van der Waals surface area contributed by atoms with Crippen molar-refractivity contribution < 1.29 is 9.53 Å². The molecule has 0 saturated carbocycles.